The van der Waals surface area contributed by atoms with Gasteiger partial charge in [0.15, 0.2) is 0 Å². The molecule has 1 fully saturated rings. The number of amides is 3. The highest BCUT2D eigenvalue weighted by atomic mass is 32.1. The fourth-order valence-electron chi connectivity index (χ4n) is 4.88. The van der Waals surface area contributed by atoms with E-state index >= 15 is 0 Å². The third kappa shape index (κ3) is 8.74. The largest absolute Gasteiger partial charge is 0.338 e. The molecule has 2 aromatic carbocycles. The molecule has 0 saturated carbocycles. The van der Waals surface area contributed by atoms with Crippen LogP contribution in [-0.2, 0) is 40.2 Å². The van der Waals surface area contributed by atoms with E-state index in [1.165, 1.54) is 11.3 Å². The number of aryl methyl sites for hydroxylation is 1. The van der Waals surface area contributed by atoms with Crippen molar-refractivity contribution < 1.29 is 14.4 Å². The molecule has 3 amide bonds. The third-order valence-corrected chi connectivity index (χ3v) is 7.89. The minimum Gasteiger partial charge on any atom is -0.338 e. The molecule has 42 heavy (non-hydrogen) atoms. The van der Waals surface area contributed by atoms with Crippen LogP contribution in [0.1, 0.15) is 53.8 Å². The second kappa shape index (κ2) is 14.4. The second-order valence-electron chi connectivity index (χ2n) is 10.4. The molecule has 3 aromatic rings. The Bertz CT molecular complexity index is 1470. The summed E-state index contributed by atoms with van der Waals surface area (Å²) in [6.45, 7) is 1.38. The first-order valence-corrected chi connectivity index (χ1v) is 15.1. The van der Waals surface area contributed by atoms with E-state index in [2.05, 4.69) is 31.7 Å². The van der Waals surface area contributed by atoms with Gasteiger partial charge in [0.1, 0.15) is 10.8 Å². The Kier molecular flexibility index (Phi) is 9.94. The maximum absolute atomic E-state index is 12.6. The van der Waals surface area contributed by atoms with E-state index in [0.717, 1.165) is 66.0 Å². The normalized spacial score (nSPS) is 14.5. The lowest BCUT2D eigenvalue weighted by Crippen LogP contribution is -2.41. The lowest BCUT2D eigenvalue weighted by molar-refractivity contribution is -0.128. The molecule has 1 aromatic heterocycles. The van der Waals surface area contributed by atoms with Crippen LogP contribution in [0.4, 0.5) is 5.13 Å². The number of hydrogen-bond acceptors (Lipinski definition) is 8. The van der Waals surface area contributed by atoms with Crippen LogP contribution >= 0.6 is 11.3 Å². The number of aromatic nitrogens is 2. The van der Waals surface area contributed by atoms with Crippen LogP contribution in [-0.4, -0.2) is 39.4 Å². The van der Waals surface area contributed by atoms with Gasteiger partial charge in [0.05, 0.1) is 12.8 Å². The number of anilines is 1. The molecule has 10 nitrogen and oxygen atoms in total. The monoisotopic (exact) mass is 585 g/mol. The van der Waals surface area contributed by atoms with Crippen LogP contribution in [0.5, 0.6) is 0 Å². The van der Waals surface area contributed by atoms with Crippen molar-refractivity contribution in [2.24, 2.45) is 0 Å². The van der Waals surface area contributed by atoms with Gasteiger partial charge in [-0.25, -0.2) is 0 Å². The van der Waals surface area contributed by atoms with Gasteiger partial charge in [-0.15, -0.1) is 10.2 Å². The molecule has 0 bridgehead atoms. The molecular formula is C31H35N7O3S. The summed E-state index contributed by atoms with van der Waals surface area (Å²) in [5.74, 6) is 0.595. The summed E-state index contributed by atoms with van der Waals surface area (Å²) in [6.07, 6.45) is 9.43. The summed E-state index contributed by atoms with van der Waals surface area (Å²) in [5, 5.41) is 15.5. The number of hydrazine groups is 1. The molecule has 11 heteroatoms. The van der Waals surface area contributed by atoms with E-state index in [9.17, 15) is 14.4 Å². The van der Waals surface area contributed by atoms with Gasteiger partial charge in [0.2, 0.25) is 22.9 Å². The highest BCUT2D eigenvalue weighted by molar-refractivity contribution is 7.15. The van der Waals surface area contributed by atoms with Gasteiger partial charge in [-0.05, 0) is 54.5 Å². The number of rotatable bonds is 13. The molecule has 2 aliphatic heterocycles. The van der Waals surface area contributed by atoms with Gasteiger partial charge in [-0.3, -0.25) is 19.8 Å². The zero-order valence-electron chi connectivity index (χ0n) is 23.4. The van der Waals surface area contributed by atoms with Gasteiger partial charge in [-0.1, -0.05) is 65.9 Å². The molecule has 5 rings (SSSR count). The van der Waals surface area contributed by atoms with Crippen molar-refractivity contribution in [1.29, 1.82) is 0 Å². The van der Waals surface area contributed by atoms with Gasteiger partial charge < -0.3 is 21.0 Å². The molecule has 2 aliphatic rings. The van der Waals surface area contributed by atoms with E-state index in [0.29, 0.717) is 30.3 Å². The maximum Gasteiger partial charge on any atom is 0.230 e. The Hall–Kier alpha value is -4.51. The zero-order valence-corrected chi connectivity index (χ0v) is 24.2. The first kappa shape index (κ1) is 29.0. The van der Waals surface area contributed by atoms with Crippen molar-refractivity contribution in [3.63, 3.8) is 0 Å². The molecule has 0 atom stereocenters. The lowest BCUT2D eigenvalue weighted by atomic mass is 10.1. The summed E-state index contributed by atoms with van der Waals surface area (Å²) in [5.41, 5.74) is 10.1. The van der Waals surface area contributed by atoms with Crippen LogP contribution in [0.15, 0.2) is 78.3 Å². The minimum atomic E-state index is -0.140. The van der Waals surface area contributed by atoms with E-state index < -0.39 is 0 Å². The highest BCUT2D eigenvalue weighted by Crippen LogP contribution is 2.20. The highest BCUT2D eigenvalue weighted by Gasteiger charge is 2.20. The van der Waals surface area contributed by atoms with Crippen molar-refractivity contribution in [2.45, 2.75) is 57.9 Å². The third-order valence-electron chi connectivity index (χ3n) is 6.99. The van der Waals surface area contributed by atoms with Gasteiger partial charge in [0, 0.05) is 31.6 Å². The summed E-state index contributed by atoms with van der Waals surface area (Å²) in [4.78, 5) is 38.6. The number of allylic oxidation sites excluding steroid dienone is 3. The summed E-state index contributed by atoms with van der Waals surface area (Å²) < 4.78 is 0. The summed E-state index contributed by atoms with van der Waals surface area (Å²) in [6, 6.07) is 17.5. The first-order valence-electron chi connectivity index (χ1n) is 14.2. The van der Waals surface area contributed by atoms with E-state index in [4.69, 9.17) is 0 Å². The Morgan fingerprint density at radius 2 is 1.62 bits per heavy atom. The first-order chi connectivity index (χ1) is 20.5. The smallest absolute Gasteiger partial charge is 0.230 e. The molecule has 1 saturated heterocycles. The van der Waals surface area contributed by atoms with Gasteiger partial charge in [0.25, 0.3) is 0 Å². The molecule has 0 unspecified atom stereocenters. The van der Waals surface area contributed by atoms with Crippen molar-refractivity contribution in [3.8, 4) is 0 Å². The van der Waals surface area contributed by atoms with Crippen molar-refractivity contribution in [1.82, 2.24) is 31.3 Å². The van der Waals surface area contributed by atoms with E-state index in [-0.39, 0.29) is 24.1 Å². The quantitative estimate of drug-likeness (QED) is 0.225. The number of carbonyl (C=O) groups excluding carboxylic acids is 3. The molecule has 0 radical (unpaired) electrons. The van der Waals surface area contributed by atoms with Crippen LogP contribution in [0, 0.1) is 0 Å². The standard InChI is InChI=1S/C31H35N7O3S/c39-27(19-22-8-2-1-3-9-22)32-26-16-15-25(34-35-26)12-4-5-13-29-36-37-31(42-29)33-28(40)20-23-10-6-11-24(18-23)21-38-17-7-14-30(38)41/h1-3,6,8-11,15-16,18,34-35H,4-5,7,12-14,17,19-21H2,(H,32,39)(H,33,37,40). The van der Waals surface area contributed by atoms with Crippen LogP contribution in [0.3, 0.4) is 0 Å². The number of carbonyl (C=O) groups is 3. The maximum atomic E-state index is 12.6. The Morgan fingerprint density at radius 1 is 0.857 bits per heavy atom. The molecule has 0 spiro atoms. The Labute approximate surface area is 249 Å². The van der Waals surface area contributed by atoms with E-state index in [1.807, 2.05) is 71.6 Å². The average molecular weight is 586 g/mol. The SMILES string of the molecule is O=C(Cc1ccccc1)NC1=CC=C(CCCCc2nnc(NC(=O)Cc3cccc(CN4CCCC4=O)c3)s2)NN1. The lowest BCUT2D eigenvalue weighted by Gasteiger charge is -2.20. The topological polar surface area (TPSA) is 128 Å². The summed E-state index contributed by atoms with van der Waals surface area (Å²) in [7, 11) is 0. The van der Waals surface area contributed by atoms with Crippen LogP contribution in [0.2, 0.25) is 0 Å². The average Bonchev–Trinajstić information content (AvgIpc) is 3.60. The molecular weight excluding hydrogens is 550 g/mol. The molecule has 4 N–H and O–H groups in total. The predicted molar refractivity (Wildman–Crippen MR) is 162 cm³/mol. The number of nitrogens with zero attached hydrogens (tertiary/aromatic N) is 3. The molecule has 0 aliphatic carbocycles. The van der Waals surface area contributed by atoms with Gasteiger partial charge >= 0.3 is 0 Å². The zero-order chi connectivity index (χ0) is 29.1. The number of unbranched alkanes of at least 4 members (excludes halogenated alkanes) is 1. The van der Waals surface area contributed by atoms with E-state index in [1.54, 1.807) is 0 Å². The minimum absolute atomic E-state index is 0.0768. The van der Waals surface area contributed by atoms with Crippen LogP contribution in [0.25, 0.3) is 0 Å². The fraction of sp³-hybridized carbons (Fsp3) is 0.323. The van der Waals surface area contributed by atoms with Gasteiger partial charge in [-0.2, -0.15) is 0 Å². The van der Waals surface area contributed by atoms with Crippen molar-refractivity contribution in [2.75, 3.05) is 11.9 Å². The number of nitrogens with one attached hydrogen (secondary N) is 4. The Balaban J connectivity index is 0.995. The second-order valence-corrected chi connectivity index (χ2v) is 11.5. The van der Waals surface area contributed by atoms with Crippen molar-refractivity contribution in [3.05, 3.63) is 100.0 Å². The van der Waals surface area contributed by atoms with Crippen LogP contribution < -0.4 is 21.5 Å². The fourth-order valence-corrected chi connectivity index (χ4v) is 5.68. The number of benzene rings is 2. The Morgan fingerprint density at radius 3 is 2.40 bits per heavy atom. The molecule has 3 heterocycles. The number of likely N-dealkylation sites (tertiary alicyclic amines) is 1. The molecule has 218 valence electrons. The summed E-state index contributed by atoms with van der Waals surface area (Å²) >= 11 is 1.40. The predicted octanol–water partition coefficient (Wildman–Crippen LogP) is 3.75. The van der Waals surface area contributed by atoms with Crippen molar-refractivity contribution >= 4 is 34.2 Å². The number of hydrogen-bond donors (Lipinski definition) is 4.